The number of aryl methyl sites for hydroxylation is 1. The molecule has 2 heterocycles. The minimum atomic E-state index is 0.228. The first-order valence-corrected chi connectivity index (χ1v) is 6.73. The van der Waals surface area contributed by atoms with Gasteiger partial charge in [0, 0.05) is 23.9 Å². The lowest BCUT2D eigenvalue weighted by atomic mass is 10.2. The molecule has 2 aromatic heterocycles. The molecule has 0 bridgehead atoms. The Hall–Kier alpha value is -1.73. The maximum atomic E-state index is 5.42. The van der Waals surface area contributed by atoms with Gasteiger partial charge in [-0.1, -0.05) is 13.8 Å². The summed E-state index contributed by atoms with van der Waals surface area (Å²) in [6.07, 6.45) is 1.73. The lowest BCUT2D eigenvalue weighted by Gasteiger charge is -2.08. The molecule has 6 nitrogen and oxygen atoms in total. The second-order valence-electron chi connectivity index (χ2n) is 4.33. The summed E-state index contributed by atoms with van der Waals surface area (Å²) in [5, 5.41) is 1.44. The number of nitrogens with zero attached hydrogens (tertiary/aromatic N) is 4. The van der Waals surface area contributed by atoms with Crippen molar-refractivity contribution in [2.75, 3.05) is 5.43 Å². The van der Waals surface area contributed by atoms with Crippen LogP contribution in [0.3, 0.4) is 0 Å². The fourth-order valence-corrected chi connectivity index (χ4v) is 2.20. The van der Waals surface area contributed by atoms with Gasteiger partial charge in [0.2, 0.25) is 0 Å². The fourth-order valence-electron chi connectivity index (χ4n) is 1.40. The van der Waals surface area contributed by atoms with Gasteiger partial charge in [-0.3, -0.25) is 0 Å². The van der Waals surface area contributed by atoms with Gasteiger partial charge in [0.05, 0.1) is 0 Å². The van der Waals surface area contributed by atoms with Crippen LogP contribution in [0.2, 0.25) is 0 Å². The molecule has 0 aromatic carbocycles. The van der Waals surface area contributed by atoms with Crippen molar-refractivity contribution in [2.45, 2.75) is 36.9 Å². The summed E-state index contributed by atoms with van der Waals surface area (Å²) in [5.41, 5.74) is 3.48. The summed E-state index contributed by atoms with van der Waals surface area (Å²) in [6.45, 7) is 6.00. The van der Waals surface area contributed by atoms with E-state index in [9.17, 15) is 0 Å². The van der Waals surface area contributed by atoms with Crippen molar-refractivity contribution in [3.05, 3.63) is 29.8 Å². The van der Waals surface area contributed by atoms with Gasteiger partial charge >= 0.3 is 0 Å². The second kappa shape index (κ2) is 5.94. The number of hydrazine groups is 1. The summed E-state index contributed by atoms with van der Waals surface area (Å²) in [6, 6.07) is 3.64. The van der Waals surface area contributed by atoms with E-state index < -0.39 is 0 Å². The Bertz CT molecular complexity index is 572. The summed E-state index contributed by atoms with van der Waals surface area (Å²) >= 11 is 1.39. The molecule has 19 heavy (non-hydrogen) atoms. The summed E-state index contributed by atoms with van der Waals surface area (Å²) in [7, 11) is 0. The molecule has 0 fully saturated rings. The topological polar surface area (TPSA) is 89.6 Å². The monoisotopic (exact) mass is 276 g/mol. The van der Waals surface area contributed by atoms with E-state index >= 15 is 0 Å². The number of nitrogens with one attached hydrogen (secondary N) is 1. The van der Waals surface area contributed by atoms with Gasteiger partial charge in [0.1, 0.15) is 16.7 Å². The Balaban J connectivity index is 2.31. The molecule has 0 radical (unpaired) electrons. The highest BCUT2D eigenvalue weighted by Gasteiger charge is 2.10. The van der Waals surface area contributed by atoms with Gasteiger partial charge in [-0.2, -0.15) is 0 Å². The van der Waals surface area contributed by atoms with Gasteiger partial charge in [0.25, 0.3) is 0 Å². The second-order valence-corrected chi connectivity index (χ2v) is 5.32. The molecule has 0 atom stereocenters. The lowest BCUT2D eigenvalue weighted by molar-refractivity contribution is 0.753. The molecular weight excluding hydrogens is 260 g/mol. The molecule has 2 rings (SSSR count). The smallest absolute Gasteiger partial charge is 0.194 e. The summed E-state index contributed by atoms with van der Waals surface area (Å²) < 4.78 is 0. The summed E-state index contributed by atoms with van der Waals surface area (Å²) in [5.74, 6) is 6.99. The van der Waals surface area contributed by atoms with E-state index in [1.54, 1.807) is 12.3 Å². The van der Waals surface area contributed by atoms with E-state index in [2.05, 4.69) is 25.4 Å². The van der Waals surface area contributed by atoms with Crippen molar-refractivity contribution >= 4 is 17.6 Å². The molecule has 0 amide bonds. The molecular formula is C12H16N6S. The van der Waals surface area contributed by atoms with E-state index in [0.717, 1.165) is 16.5 Å². The average Bonchev–Trinajstić information content (AvgIpc) is 2.38. The minimum Gasteiger partial charge on any atom is -0.308 e. The van der Waals surface area contributed by atoms with Gasteiger partial charge in [-0.05, 0) is 24.8 Å². The van der Waals surface area contributed by atoms with Crippen LogP contribution in [0.1, 0.15) is 31.3 Å². The van der Waals surface area contributed by atoms with Crippen LogP contribution in [0.25, 0.3) is 0 Å². The Kier molecular flexibility index (Phi) is 4.28. The zero-order valence-corrected chi connectivity index (χ0v) is 11.9. The predicted molar refractivity (Wildman–Crippen MR) is 74.8 cm³/mol. The number of nitrogen functional groups attached to an aromatic ring is 1. The van der Waals surface area contributed by atoms with Gasteiger partial charge < -0.3 is 5.43 Å². The summed E-state index contributed by atoms with van der Waals surface area (Å²) in [4.78, 5) is 17.3. The molecule has 0 saturated heterocycles. The molecule has 3 N–H and O–H groups in total. The van der Waals surface area contributed by atoms with E-state index in [4.69, 9.17) is 5.84 Å². The highest BCUT2D eigenvalue weighted by atomic mass is 32.2. The van der Waals surface area contributed by atoms with Crippen LogP contribution < -0.4 is 11.3 Å². The van der Waals surface area contributed by atoms with Crippen molar-refractivity contribution in [1.82, 2.24) is 19.9 Å². The molecule has 0 aliphatic heterocycles. The molecule has 7 heteroatoms. The van der Waals surface area contributed by atoms with Crippen molar-refractivity contribution in [3.8, 4) is 0 Å². The first-order valence-electron chi connectivity index (χ1n) is 5.91. The van der Waals surface area contributed by atoms with Crippen molar-refractivity contribution in [3.63, 3.8) is 0 Å². The Morgan fingerprint density at radius 2 is 2.05 bits per heavy atom. The zero-order chi connectivity index (χ0) is 13.8. The van der Waals surface area contributed by atoms with Crippen molar-refractivity contribution < 1.29 is 0 Å². The normalized spacial score (nSPS) is 10.8. The third kappa shape index (κ3) is 3.62. The number of anilines is 1. The van der Waals surface area contributed by atoms with Crippen LogP contribution >= 0.6 is 11.8 Å². The first kappa shape index (κ1) is 13.7. The quantitative estimate of drug-likeness (QED) is 0.382. The lowest BCUT2D eigenvalue weighted by Crippen LogP contribution is -2.11. The van der Waals surface area contributed by atoms with Crippen molar-refractivity contribution in [1.29, 1.82) is 0 Å². The molecule has 0 unspecified atom stereocenters. The van der Waals surface area contributed by atoms with Gasteiger partial charge in [0.15, 0.2) is 5.16 Å². The minimum absolute atomic E-state index is 0.228. The molecule has 0 aliphatic carbocycles. The van der Waals surface area contributed by atoms with Crippen LogP contribution in [0.4, 0.5) is 5.82 Å². The van der Waals surface area contributed by atoms with E-state index in [-0.39, 0.29) is 5.92 Å². The third-order valence-corrected chi connectivity index (χ3v) is 3.15. The molecule has 0 spiro atoms. The predicted octanol–water partition coefficient (Wildman–Crippen LogP) is 2.14. The van der Waals surface area contributed by atoms with Crippen molar-refractivity contribution in [2.24, 2.45) is 5.84 Å². The average molecular weight is 276 g/mol. The van der Waals surface area contributed by atoms with E-state index in [1.807, 2.05) is 26.8 Å². The highest BCUT2D eigenvalue weighted by Crippen LogP contribution is 2.25. The highest BCUT2D eigenvalue weighted by molar-refractivity contribution is 7.99. The van der Waals surface area contributed by atoms with Crippen LogP contribution in [-0.4, -0.2) is 19.9 Å². The van der Waals surface area contributed by atoms with Crippen LogP contribution in [0, 0.1) is 6.92 Å². The number of nitrogens with two attached hydrogens (primary N) is 1. The van der Waals surface area contributed by atoms with E-state index in [1.165, 1.54) is 11.8 Å². The number of hydrogen-bond donors (Lipinski definition) is 2. The van der Waals surface area contributed by atoms with E-state index in [0.29, 0.717) is 11.0 Å². The zero-order valence-electron chi connectivity index (χ0n) is 11.1. The third-order valence-electron chi connectivity index (χ3n) is 2.35. The largest absolute Gasteiger partial charge is 0.308 e. The van der Waals surface area contributed by atoms with Crippen LogP contribution in [0.15, 0.2) is 28.5 Å². The Morgan fingerprint density at radius 3 is 2.68 bits per heavy atom. The van der Waals surface area contributed by atoms with Crippen LogP contribution in [-0.2, 0) is 0 Å². The molecule has 2 aromatic rings. The fraction of sp³-hybridized carbons (Fsp3) is 0.333. The Morgan fingerprint density at radius 1 is 1.26 bits per heavy atom. The first-order chi connectivity index (χ1) is 9.08. The molecule has 0 aliphatic rings. The molecule has 0 saturated carbocycles. The molecule has 100 valence electrons. The Labute approximate surface area is 116 Å². The maximum absolute atomic E-state index is 5.42. The van der Waals surface area contributed by atoms with Gasteiger partial charge in [-0.25, -0.2) is 25.8 Å². The number of aromatic nitrogens is 4. The van der Waals surface area contributed by atoms with Crippen LogP contribution in [0.5, 0.6) is 0 Å². The maximum Gasteiger partial charge on any atom is 0.194 e. The van der Waals surface area contributed by atoms with Gasteiger partial charge in [-0.15, -0.1) is 0 Å². The SMILES string of the molecule is Cc1ccnc(Sc2cc(NN)nc(C(C)C)n2)n1. The number of rotatable bonds is 4. The number of hydrogen-bond acceptors (Lipinski definition) is 7. The standard InChI is InChI=1S/C12H16N6S/c1-7(2)11-16-9(18-13)6-10(17-11)19-12-14-5-4-8(3)15-12/h4-7H,13H2,1-3H3,(H,16,17,18).